The molecule has 24 heavy (non-hydrogen) atoms. The van der Waals surface area contributed by atoms with Crippen LogP contribution in [0.15, 0.2) is 30.6 Å². The molecular formula is C16H15ClN6O. The van der Waals surface area contributed by atoms with Gasteiger partial charge in [-0.2, -0.15) is 5.10 Å². The largest absolute Gasteiger partial charge is 0.380 e. The molecule has 2 aliphatic rings. The summed E-state index contributed by atoms with van der Waals surface area (Å²) >= 11 is 6.54. The minimum absolute atomic E-state index is 0.306. The molecule has 8 heteroatoms. The third kappa shape index (κ3) is 2.05. The van der Waals surface area contributed by atoms with E-state index in [0.717, 1.165) is 43.0 Å². The number of anilines is 3. The van der Waals surface area contributed by atoms with Crippen molar-refractivity contribution >= 4 is 40.0 Å². The maximum absolute atomic E-state index is 6.54. The summed E-state index contributed by atoms with van der Waals surface area (Å²) in [5.74, 6) is 2.01. The van der Waals surface area contributed by atoms with Crippen LogP contribution < -0.4 is 10.2 Å². The Bertz CT molecular complexity index is 914. The summed E-state index contributed by atoms with van der Waals surface area (Å²) in [6.07, 6.45) is 1.53. The molecule has 0 radical (unpaired) electrons. The summed E-state index contributed by atoms with van der Waals surface area (Å²) in [4.78, 5) is 10.8. The van der Waals surface area contributed by atoms with Crippen LogP contribution in [0.3, 0.4) is 0 Å². The quantitative estimate of drug-likeness (QED) is 0.761. The second kappa shape index (κ2) is 5.06. The summed E-state index contributed by atoms with van der Waals surface area (Å²) in [5.41, 5.74) is 1.26. The molecule has 4 heterocycles. The first-order valence-electron chi connectivity index (χ1n) is 7.77. The molecule has 1 spiro atoms. The van der Waals surface area contributed by atoms with Crippen molar-refractivity contribution in [3.05, 3.63) is 35.6 Å². The van der Waals surface area contributed by atoms with Crippen molar-refractivity contribution in [3.63, 3.8) is 0 Å². The monoisotopic (exact) mass is 342 g/mol. The van der Waals surface area contributed by atoms with Crippen molar-refractivity contribution in [3.8, 4) is 0 Å². The van der Waals surface area contributed by atoms with Crippen molar-refractivity contribution in [2.75, 3.05) is 36.5 Å². The minimum Gasteiger partial charge on any atom is -0.380 e. The van der Waals surface area contributed by atoms with Gasteiger partial charge < -0.3 is 15.0 Å². The molecule has 5 rings (SSSR count). The normalized spacial score (nSPS) is 18.5. The van der Waals surface area contributed by atoms with Gasteiger partial charge in [-0.25, -0.2) is 9.97 Å². The average Bonchev–Trinajstić information content (AvgIpc) is 2.91. The molecule has 0 saturated carbocycles. The van der Waals surface area contributed by atoms with Gasteiger partial charge in [0.25, 0.3) is 0 Å². The number of aromatic amines is 1. The molecule has 2 aromatic heterocycles. The van der Waals surface area contributed by atoms with Crippen LogP contribution in [0.1, 0.15) is 0 Å². The molecule has 122 valence electrons. The van der Waals surface area contributed by atoms with E-state index in [4.69, 9.17) is 16.3 Å². The second-order valence-corrected chi connectivity index (χ2v) is 6.83. The number of benzene rings is 1. The Morgan fingerprint density at radius 3 is 2.79 bits per heavy atom. The lowest BCUT2D eigenvalue weighted by Crippen LogP contribution is -2.66. The van der Waals surface area contributed by atoms with Crippen molar-refractivity contribution in [1.29, 1.82) is 0 Å². The number of ether oxygens (including phenoxy) is 1. The van der Waals surface area contributed by atoms with Crippen LogP contribution in [0, 0.1) is 5.41 Å². The van der Waals surface area contributed by atoms with E-state index in [1.807, 2.05) is 24.3 Å². The lowest BCUT2D eigenvalue weighted by molar-refractivity contribution is -0.127. The van der Waals surface area contributed by atoms with E-state index in [9.17, 15) is 0 Å². The molecule has 2 aliphatic heterocycles. The van der Waals surface area contributed by atoms with Crippen LogP contribution in [0.5, 0.6) is 0 Å². The number of H-pyrrole nitrogens is 1. The molecular weight excluding hydrogens is 328 g/mol. The van der Waals surface area contributed by atoms with Gasteiger partial charge in [-0.05, 0) is 12.1 Å². The smallest absolute Gasteiger partial charge is 0.161 e. The van der Waals surface area contributed by atoms with Crippen LogP contribution in [-0.4, -0.2) is 46.5 Å². The summed E-state index contributed by atoms with van der Waals surface area (Å²) < 4.78 is 5.31. The highest BCUT2D eigenvalue weighted by Crippen LogP contribution is 2.42. The zero-order chi connectivity index (χ0) is 16.1. The summed E-state index contributed by atoms with van der Waals surface area (Å²) in [5, 5.41) is 12.0. The first-order chi connectivity index (χ1) is 11.7. The van der Waals surface area contributed by atoms with Gasteiger partial charge in [-0.1, -0.05) is 23.7 Å². The number of rotatable bonds is 3. The highest BCUT2D eigenvalue weighted by molar-refractivity contribution is 6.35. The van der Waals surface area contributed by atoms with Crippen LogP contribution >= 0.6 is 11.6 Å². The van der Waals surface area contributed by atoms with Crippen LogP contribution in [-0.2, 0) is 4.74 Å². The number of nitrogens with zero attached hydrogens (tertiary/aromatic N) is 4. The van der Waals surface area contributed by atoms with Crippen molar-refractivity contribution < 1.29 is 4.74 Å². The predicted octanol–water partition coefficient (Wildman–Crippen LogP) is 2.59. The molecule has 2 fully saturated rings. The Kier molecular flexibility index (Phi) is 2.95. The molecule has 3 aromatic rings. The van der Waals surface area contributed by atoms with Crippen LogP contribution in [0.4, 0.5) is 17.5 Å². The molecule has 0 bridgehead atoms. The zero-order valence-electron chi connectivity index (χ0n) is 12.8. The van der Waals surface area contributed by atoms with Crippen LogP contribution in [0.2, 0.25) is 5.02 Å². The van der Waals surface area contributed by atoms with Crippen molar-refractivity contribution in [2.24, 2.45) is 5.41 Å². The molecule has 2 N–H and O–H groups in total. The van der Waals surface area contributed by atoms with Gasteiger partial charge >= 0.3 is 0 Å². The lowest BCUT2D eigenvalue weighted by atomic mass is 9.78. The number of aromatic nitrogens is 4. The minimum atomic E-state index is 0.306. The third-order valence-corrected chi connectivity index (χ3v) is 4.99. The van der Waals surface area contributed by atoms with E-state index in [0.29, 0.717) is 22.1 Å². The van der Waals surface area contributed by atoms with Gasteiger partial charge in [0.05, 0.1) is 24.1 Å². The van der Waals surface area contributed by atoms with E-state index < -0.39 is 0 Å². The summed E-state index contributed by atoms with van der Waals surface area (Å²) in [6, 6.07) is 7.90. The van der Waals surface area contributed by atoms with E-state index in [-0.39, 0.29) is 0 Å². The van der Waals surface area contributed by atoms with E-state index in [2.05, 4.69) is 30.4 Å². The Labute approximate surface area is 143 Å². The number of halogens is 1. The summed E-state index contributed by atoms with van der Waals surface area (Å²) in [6.45, 7) is 3.51. The Hall–Kier alpha value is -2.38. The van der Waals surface area contributed by atoms with Gasteiger partial charge in [0, 0.05) is 18.5 Å². The second-order valence-electron chi connectivity index (χ2n) is 6.45. The fourth-order valence-electron chi connectivity index (χ4n) is 3.33. The van der Waals surface area contributed by atoms with E-state index in [1.54, 1.807) is 0 Å². The molecule has 7 nitrogen and oxygen atoms in total. The van der Waals surface area contributed by atoms with Gasteiger partial charge in [-0.15, -0.1) is 0 Å². The first kappa shape index (κ1) is 14.0. The third-order valence-electron chi connectivity index (χ3n) is 4.65. The molecule has 1 aromatic carbocycles. The van der Waals surface area contributed by atoms with E-state index in [1.165, 1.54) is 6.33 Å². The predicted molar refractivity (Wildman–Crippen MR) is 91.9 cm³/mol. The number of nitrogens with one attached hydrogen (secondary N) is 2. The zero-order valence-corrected chi connectivity index (χ0v) is 13.5. The number of hydrogen-bond donors (Lipinski definition) is 2. The Balaban J connectivity index is 1.43. The number of hydrogen-bond acceptors (Lipinski definition) is 6. The maximum Gasteiger partial charge on any atom is 0.161 e. The van der Waals surface area contributed by atoms with Crippen molar-refractivity contribution in [1.82, 2.24) is 20.2 Å². The van der Waals surface area contributed by atoms with Gasteiger partial charge in [-0.3, -0.25) is 5.10 Å². The lowest BCUT2D eigenvalue weighted by Gasteiger charge is -2.55. The fourth-order valence-corrected chi connectivity index (χ4v) is 3.59. The topological polar surface area (TPSA) is 79.0 Å². The van der Waals surface area contributed by atoms with Crippen molar-refractivity contribution in [2.45, 2.75) is 0 Å². The van der Waals surface area contributed by atoms with Gasteiger partial charge in [0.1, 0.15) is 11.3 Å². The molecule has 0 unspecified atom stereocenters. The Morgan fingerprint density at radius 1 is 1.17 bits per heavy atom. The molecule has 0 atom stereocenters. The van der Waals surface area contributed by atoms with Gasteiger partial charge in [0.15, 0.2) is 17.5 Å². The highest BCUT2D eigenvalue weighted by Gasteiger charge is 2.50. The van der Waals surface area contributed by atoms with E-state index >= 15 is 0 Å². The van der Waals surface area contributed by atoms with Crippen LogP contribution in [0.25, 0.3) is 10.9 Å². The first-order valence-corrected chi connectivity index (χ1v) is 8.15. The molecule has 0 amide bonds. The highest BCUT2D eigenvalue weighted by atomic mass is 35.5. The Morgan fingerprint density at radius 2 is 2.00 bits per heavy atom. The van der Waals surface area contributed by atoms with Gasteiger partial charge in [0.2, 0.25) is 0 Å². The number of para-hydroxylation sites is 1. The standard InChI is InChI=1S/C16H15ClN6O/c17-12-14(20-13-10-3-1-2-4-11(10)21-22-13)18-9-19-15(12)23-5-16(6-23)7-24-8-16/h1-4,9H,5-8H2,(H2,18,19,20,21,22). The summed E-state index contributed by atoms with van der Waals surface area (Å²) in [7, 11) is 0. The fraction of sp³-hybridized carbons (Fsp3) is 0.312. The number of fused-ring (bicyclic) bond motifs is 1. The maximum atomic E-state index is 6.54. The SMILES string of the molecule is Clc1c(Nc2n[nH]c3ccccc23)ncnc1N1CC2(COC2)C1. The molecule has 0 aliphatic carbocycles. The molecule has 2 saturated heterocycles. The average molecular weight is 343 g/mol.